The molecule has 0 aliphatic carbocycles. The van der Waals surface area contributed by atoms with Gasteiger partial charge in [-0.2, -0.15) is 0 Å². The molecule has 5 nitrogen and oxygen atoms in total. The third-order valence-corrected chi connectivity index (χ3v) is 4.44. The van der Waals surface area contributed by atoms with E-state index in [1.54, 1.807) is 18.3 Å². The van der Waals surface area contributed by atoms with Crippen molar-refractivity contribution in [1.29, 1.82) is 0 Å². The molecular formula is C18H20N4O. The molecule has 1 fully saturated rings. The molecular weight excluding hydrogens is 288 g/mol. The first-order chi connectivity index (χ1) is 11.3. The Kier molecular flexibility index (Phi) is 3.71. The van der Waals surface area contributed by atoms with Crippen LogP contribution in [0.15, 0.2) is 42.6 Å². The summed E-state index contributed by atoms with van der Waals surface area (Å²) >= 11 is 0. The number of benzene rings is 1. The second kappa shape index (κ2) is 6.01. The van der Waals surface area contributed by atoms with E-state index >= 15 is 0 Å². The summed E-state index contributed by atoms with van der Waals surface area (Å²) in [5.41, 5.74) is 2.65. The molecule has 5 heteroatoms. The SMILES string of the molecule is Oc1cccc(-n2c(CC3CCCNC3)nc3cccnc32)c1. The van der Waals surface area contributed by atoms with Gasteiger partial charge in [0.2, 0.25) is 0 Å². The molecule has 0 amide bonds. The summed E-state index contributed by atoms with van der Waals surface area (Å²) in [5.74, 6) is 1.86. The number of aromatic hydroxyl groups is 1. The van der Waals surface area contributed by atoms with Crippen LogP contribution in [0, 0.1) is 5.92 Å². The van der Waals surface area contributed by atoms with Gasteiger partial charge in [-0.1, -0.05) is 6.07 Å². The molecule has 0 radical (unpaired) electrons. The van der Waals surface area contributed by atoms with Crippen molar-refractivity contribution < 1.29 is 5.11 Å². The van der Waals surface area contributed by atoms with E-state index in [1.807, 2.05) is 24.3 Å². The first-order valence-corrected chi connectivity index (χ1v) is 8.14. The van der Waals surface area contributed by atoms with Crippen LogP contribution in [0.5, 0.6) is 5.75 Å². The highest BCUT2D eigenvalue weighted by Crippen LogP contribution is 2.25. The van der Waals surface area contributed by atoms with Crippen molar-refractivity contribution in [2.24, 2.45) is 5.92 Å². The Hall–Kier alpha value is -2.40. The number of nitrogens with zero attached hydrogens (tertiary/aromatic N) is 3. The minimum absolute atomic E-state index is 0.255. The standard InChI is InChI=1S/C18H20N4O/c23-15-6-1-5-14(11-15)22-17(10-13-4-2-8-19-12-13)21-16-7-3-9-20-18(16)22/h1,3,5-7,9,11,13,19,23H,2,4,8,10,12H2. The number of hydrogen-bond acceptors (Lipinski definition) is 4. The van der Waals surface area contributed by atoms with Crippen LogP contribution in [0.2, 0.25) is 0 Å². The summed E-state index contributed by atoms with van der Waals surface area (Å²) in [6.45, 7) is 2.15. The highest BCUT2D eigenvalue weighted by atomic mass is 16.3. The Balaban J connectivity index is 1.81. The molecule has 0 bridgehead atoms. The maximum absolute atomic E-state index is 9.83. The topological polar surface area (TPSA) is 63.0 Å². The van der Waals surface area contributed by atoms with E-state index in [4.69, 9.17) is 4.98 Å². The lowest BCUT2D eigenvalue weighted by Crippen LogP contribution is -2.31. The molecule has 4 rings (SSSR count). The van der Waals surface area contributed by atoms with Crippen LogP contribution in [-0.4, -0.2) is 32.7 Å². The number of nitrogens with one attached hydrogen (secondary N) is 1. The number of hydrogen-bond donors (Lipinski definition) is 2. The van der Waals surface area contributed by atoms with E-state index in [0.29, 0.717) is 5.92 Å². The molecule has 3 heterocycles. The van der Waals surface area contributed by atoms with Crippen LogP contribution < -0.4 is 5.32 Å². The van der Waals surface area contributed by atoms with Crippen molar-refractivity contribution in [3.8, 4) is 11.4 Å². The summed E-state index contributed by atoms with van der Waals surface area (Å²) in [4.78, 5) is 9.31. The third-order valence-electron chi connectivity index (χ3n) is 4.44. The molecule has 23 heavy (non-hydrogen) atoms. The Labute approximate surface area is 135 Å². The highest BCUT2D eigenvalue weighted by molar-refractivity contribution is 5.74. The lowest BCUT2D eigenvalue weighted by atomic mass is 9.96. The smallest absolute Gasteiger partial charge is 0.164 e. The molecule has 1 aliphatic rings. The van der Waals surface area contributed by atoms with E-state index < -0.39 is 0 Å². The van der Waals surface area contributed by atoms with Gasteiger partial charge in [-0.25, -0.2) is 9.97 Å². The minimum Gasteiger partial charge on any atom is -0.508 e. The maximum Gasteiger partial charge on any atom is 0.164 e. The molecule has 1 atom stereocenters. The van der Waals surface area contributed by atoms with E-state index in [0.717, 1.165) is 42.2 Å². The number of fused-ring (bicyclic) bond motifs is 1. The van der Waals surface area contributed by atoms with Crippen molar-refractivity contribution in [3.63, 3.8) is 0 Å². The van der Waals surface area contributed by atoms with Crippen molar-refractivity contribution in [2.75, 3.05) is 13.1 Å². The number of imidazole rings is 1. The van der Waals surface area contributed by atoms with Crippen LogP contribution in [0.3, 0.4) is 0 Å². The van der Waals surface area contributed by atoms with Gasteiger partial charge in [0.15, 0.2) is 5.65 Å². The maximum atomic E-state index is 9.83. The fraction of sp³-hybridized carbons (Fsp3) is 0.333. The van der Waals surface area contributed by atoms with Crippen molar-refractivity contribution in [2.45, 2.75) is 19.3 Å². The zero-order chi connectivity index (χ0) is 15.6. The summed E-state index contributed by atoms with van der Waals surface area (Å²) < 4.78 is 2.07. The third kappa shape index (κ3) is 2.80. The largest absolute Gasteiger partial charge is 0.508 e. The summed E-state index contributed by atoms with van der Waals surface area (Å²) in [7, 11) is 0. The van der Waals surface area contributed by atoms with Gasteiger partial charge in [0.25, 0.3) is 0 Å². The number of phenolic OH excluding ortho intramolecular Hbond substituents is 1. The average molecular weight is 308 g/mol. The lowest BCUT2D eigenvalue weighted by Gasteiger charge is -2.22. The normalized spacial score (nSPS) is 18.3. The van der Waals surface area contributed by atoms with E-state index in [2.05, 4.69) is 14.9 Å². The molecule has 1 unspecified atom stereocenters. The number of aromatic nitrogens is 3. The molecule has 0 spiro atoms. The van der Waals surface area contributed by atoms with E-state index in [1.165, 1.54) is 12.8 Å². The first-order valence-electron chi connectivity index (χ1n) is 8.14. The molecule has 1 aromatic carbocycles. The average Bonchev–Trinajstić information content (AvgIpc) is 2.93. The second-order valence-electron chi connectivity index (χ2n) is 6.15. The predicted molar refractivity (Wildman–Crippen MR) is 89.8 cm³/mol. The highest BCUT2D eigenvalue weighted by Gasteiger charge is 2.19. The summed E-state index contributed by atoms with van der Waals surface area (Å²) in [6.07, 6.45) is 5.15. The van der Waals surface area contributed by atoms with Crippen molar-refractivity contribution in [1.82, 2.24) is 19.9 Å². The Morgan fingerprint density at radius 3 is 3.04 bits per heavy atom. The van der Waals surface area contributed by atoms with Crippen LogP contribution in [0.25, 0.3) is 16.9 Å². The van der Waals surface area contributed by atoms with Crippen LogP contribution >= 0.6 is 0 Å². The monoisotopic (exact) mass is 308 g/mol. The number of rotatable bonds is 3. The van der Waals surface area contributed by atoms with E-state index in [9.17, 15) is 5.11 Å². The van der Waals surface area contributed by atoms with Gasteiger partial charge in [-0.15, -0.1) is 0 Å². The number of pyridine rings is 1. The van der Waals surface area contributed by atoms with Gasteiger partial charge >= 0.3 is 0 Å². The molecule has 3 aromatic rings. The summed E-state index contributed by atoms with van der Waals surface area (Å²) in [6, 6.07) is 11.2. The van der Waals surface area contributed by atoms with Gasteiger partial charge in [-0.05, 0) is 56.1 Å². The Morgan fingerprint density at radius 2 is 2.22 bits per heavy atom. The Morgan fingerprint density at radius 1 is 1.26 bits per heavy atom. The number of phenols is 1. The minimum atomic E-state index is 0.255. The molecule has 0 saturated carbocycles. The molecule has 2 aromatic heterocycles. The van der Waals surface area contributed by atoms with E-state index in [-0.39, 0.29) is 5.75 Å². The van der Waals surface area contributed by atoms with Gasteiger partial charge in [-0.3, -0.25) is 4.57 Å². The Bertz CT molecular complexity index is 821. The zero-order valence-electron chi connectivity index (χ0n) is 12.9. The molecule has 1 saturated heterocycles. The molecule has 1 aliphatic heterocycles. The number of piperidine rings is 1. The van der Waals surface area contributed by atoms with Gasteiger partial charge in [0.1, 0.15) is 17.1 Å². The van der Waals surface area contributed by atoms with Gasteiger partial charge in [0, 0.05) is 18.7 Å². The van der Waals surface area contributed by atoms with Crippen molar-refractivity contribution >= 4 is 11.2 Å². The van der Waals surface area contributed by atoms with Gasteiger partial charge < -0.3 is 10.4 Å². The second-order valence-corrected chi connectivity index (χ2v) is 6.15. The first kappa shape index (κ1) is 14.2. The van der Waals surface area contributed by atoms with Crippen LogP contribution in [0.4, 0.5) is 0 Å². The quantitative estimate of drug-likeness (QED) is 0.781. The van der Waals surface area contributed by atoms with Crippen molar-refractivity contribution in [3.05, 3.63) is 48.4 Å². The van der Waals surface area contributed by atoms with Gasteiger partial charge in [0.05, 0.1) is 5.69 Å². The lowest BCUT2D eigenvalue weighted by molar-refractivity contribution is 0.370. The predicted octanol–water partition coefficient (Wildman–Crippen LogP) is 2.67. The summed E-state index contributed by atoms with van der Waals surface area (Å²) in [5, 5.41) is 13.3. The fourth-order valence-electron chi connectivity index (χ4n) is 3.36. The molecule has 118 valence electrons. The zero-order valence-corrected chi connectivity index (χ0v) is 12.9. The fourth-order valence-corrected chi connectivity index (χ4v) is 3.36. The van der Waals surface area contributed by atoms with Crippen LogP contribution in [0.1, 0.15) is 18.7 Å². The van der Waals surface area contributed by atoms with Crippen LogP contribution in [-0.2, 0) is 6.42 Å². The molecule has 2 N–H and O–H groups in total.